The summed E-state index contributed by atoms with van der Waals surface area (Å²) in [6.45, 7) is 9.17. The van der Waals surface area contributed by atoms with Crippen LogP contribution in [-0.2, 0) is 19.2 Å². The summed E-state index contributed by atoms with van der Waals surface area (Å²) >= 11 is 0. The summed E-state index contributed by atoms with van der Waals surface area (Å²) in [5.74, 6) is -3.06. The molecule has 0 aromatic rings. The topological polar surface area (TPSA) is 177 Å². The molecule has 0 radical (unpaired) electrons. The molecular formula is C20H39N5O5. The lowest BCUT2D eigenvalue weighted by atomic mass is 9.99. The molecule has 0 saturated carbocycles. The smallest absolute Gasteiger partial charge is 0.326 e. The van der Waals surface area contributed by atoms with Gasteiger partial charge in [-0.3, -0.25) is 14.4 Å². The number of rotatable bonds is 14. The minimum Gasteiger partial charge on any atom is -0.480 e. The van der Waals surface area contributed by atoms with Crippen LogP contribution in [0.4, 0.5) is 0 Å². The fourth-order valence-electron chi connectivity index (χ4n) is 2.71. The first-order valence-corrected chi connectivity index (χ1v) is 10.6. The quantitative estimate of drug-likeness (QED) is 0.205. The zero-order valence-corrected chi connectivity index (χ0v) is 18.7. The third-order valence-electron chi connectivity index (χ3n) is 5.12. The average Bonchev–Trinajstić information content (AvgIpc) is 2.69. The number of carbonyl (C=O) groups is 4. The first-order valence-electron chi connectivity index (χ1n) is 10.6. The standard InChI is InChI=1S/C20H39N5O5/c1-6-12(4)15(22)18(27)23-13(5)17(26)25-16(11(2)3)19(28)24-14(20(29)30)9-7-8-10-21/h11-16H,6-10,21-22H2,1-5H3,(H,23,27)(H,24,28)(H,25,26)(H,29,30). The van der Waals surface area contributed by atoms with Gasteiger partial charge in [0.15, 0.2) is 0 Å². The van der Waals surface area contributed by atoms with Crippen LogP contribution in [0.5, 0.6) is 0 Å². The molecule has 0 aromatic heterocycles. The Hall–Kier alpha value is -2.20. The van der Waals surface area contributed by atoms with Crippen LogP contribution in [0.2, 0.25) is 0 Å². The van der Waals surface area contributed by atoms with Gasteiger partial charge in [0.1, 0.15) is 18.1 Å². The molecule has 8 N–H and O–H groups in total. The molecule has 10 nitrogen and oxygen atoms in total. The number of aliphatic carboxylic acids is 1. The zero-order chi connectivity index (χ0) is 23.4. The van der Waals surface area contributed by atoms with Crippen LogP contribution in [0.15, 0.2) is 0 Å². The largest absolute Gasteiger partial charge is 0.480 e. The molecule has 0 aliphatic rings. The Morgan fingerprint density at radius 1 is 0.900 bits per heavy atom. The number of hydrogen-bond donors (Lipinski definition) is 6. The lowest BCUT2D eigenvalue weighted by Gasteiger charge is -2.26. The Labute approximate surface area is 178 Å². The highest BCUT2D eigenvalue weighted by atomic mass is 16.4. The molecule has 0 aliphatic heterocycles. The van der Waals surface area contributed by atoms with Crippen molar-refractivity contribution in [2.24, 2.45) is 23.3 Å². The highest BCUT2D eigenvalue weighted by molar-refractivity contribution is 5.94. The maximum atomic E-state index is 12.6. The van der Waals surface area contributed by atoms with Gasteiger partial charge in [-0.05, 0) is 44.6 Å². The molecule has 0 spiro atoms. The lowest BCUT2D eigenvalue weighted by molar-refractivity contribution is -0.142. The third-order valence-corrected chi connectivity index (χ3v) is 5.12. The summed E-state index contributed by atoms with van der Waals surface area (Å²) in [6, 6.07) is -3.65. The molecule has 5 unspecified atom stereocenters. The van der Waals surface area contributed by atoms with E-state index in [1.165, 1.54) is 6.92 Å². The maximum absolute atomic E-state index is 12.6. The molecule has 10 heteroatoms. The van der Waals surface area contributed by atoms with Gasteiger partial charge < -0.3 is 32.5 Å². The molecular weight excluding hydrogens is 390 g/mol. The molecule has 5 atom stereocenters. The highest BCUT2D eigenvalue weighted by Crippen LogP contribution is 2.08. The number of carboxylic acids is 1. The molecule has 0 aliphatic carbocycles. The minimum atomic E-state index is -1.14. The zero-order valence-electron chi connectivity index (χ0n) is 18.7. The number of unbranched alkanes of at least 4 members (excludes halogenated alkanes) is 1. The number of nitrogens with two attached hydrogens (primary N) is 2. The first kappa shape index (κ1) is 27.8. The van der Waals surface area contributed by atoms with E-state index in [0.29, 0.717) is 19.4 Å². The second-order valence-corrected chi connectivity index (χ2v) is 8.06. The Balaban J connectivity index is 5.00. The Kier molecular flexibility index (Phi) is 12.9. The molecule has 3 amide bonds. The SMILES string of the molecule is CCC(C)C(N)C(=O)NC(C)C(=O)NC(C(=O)NC(CCCCN)C(=O)O)C(C)C. The summed E-state index contributed by atoms with van der Waals surface area (Å²) < 4.78 is 0. The molecule has 174 valence electrons. The van der Waals surface area contributed by atoms with E-state index in [0.717, 1.165) is 6.42 Å². The number of nitrogens with one attached hydrogen (secondary N) is 3. The van der Waals surface area contributed by atoms with Gasteiger partial charge in [-0.1, -0.05) is 34.1 Å². The highest BCUT2D eigenvalue weighted by Gasteiger charge is 2.30. The predicted octanol–water partition coefficient (Wildman–Crippen LogP) is -0.296. The first-order chi connectivity index (χ1) is 14.0. The second-order valence-electron chi connectivity index (χ2n) is 8.06. The van der Waals surface area contributed by atoms with Gasteiger partial charge in [-0.25, -0.2) is 4.79 Å². The van der Waals surface area contributed by atoms with Crippen LogP contribution < -0.4 is 27.4 Å². The van der Waals surface area contributed by atoms with Crippen molar-refractivity contribution in [2.45, 2.75) is 84.5 Å². The van der Waals surface area contributed by atoms with E-state index in [-0.39, 0.29) is 18.3 Å². The fraction of sp³-hybridized carbons (Fsp3) is 0.800. The van der Waals surface area contributed by atoms with E-state index < -0.39 is 47.9 Å². The van der Waals surface area contributed by atoms with Gasteiger partial charge in [-0.15, -0.1) is 0 Å². The Bertz CT molecular complexity index is 584. The van der Waals surface area contributed by atoms with Crippen LogP contribution in [-0.4, -0.2) is 59.5 Å². The molecule has 0 bridgehead atoms. The number of amides is 3. The molecule has 0 aromatic carbocycles. The van der Waals surface area contributed by atoms with Gasteiger partial charge in [0.05, 0.1) is 6.04 Å². The Morgan fingerprint density at radius 2 is 1.50 bits per heavy atom. The molecule has 0 heterocycles. The summed E-state index contributed by atoms with van der Waals surface area (Å²) in [5, 5.41) is 17.0. The van der Waals surface area contributed by atoms with Crippen molar-refractivity contribution in [3.63, 3.8) is 0 Å². The number of carbonyl (C=O) groups excluding carboxylic acids is 3. The molecule has 0 saturated heterocycles. The molecule has 30 heavy (non-hydrogen) atoms. The number of carboxylic acid groups (broad SMARTS) is 1. The summed E-state index contributed by atoms with van der Waals surface area (Å²) in [7, 11) is 0. The third kappa shape index (κ3) is 9.53. The van der Waals surface area contributed by atoms with E-state index in [4.69, 9.17) is 11.5 Å². The van der Waals surface area contributed by atoms with E-state index in [1.54, 1.807) is 13.8 Å². The van der Waals surface area contributed by atoms with Crippen molar-refractivity contribution >= 4 is 23.7 Å². The summed E-state index contributed by atoms with van der Waals surface area (Å²) in [5.41, 5.74) is 11.3. The normalized spacial score (nSPS) is 16.1. The number of hydrogen-bond acceptors (Lipinski definition) is 6. The maximum Gasteiger partial charge on any atom is 0.326 e. The average molecular weight is 430 g/mol. The minimum absolute atomic E-state index is 0.0401. The molecule has 0 rings (SSSR count). The van der Waals surface area contributed by atoms with Gasteiger partial charge in [0.2, 0.25) is 17.7 Å². The van der Waals surface area contributed by atoms with Crippen molar-refractivity contribution < 1.29 is 24.3 Å². The van der Waals surface area contributed by atoms with Crippen molar-refractivity contribution in [3.8, 4) is 0 Å². The molecule has 0 fully saturated rings. The van der Waals surface area contributed by atoms with Gasteiger partial charge >= 0.3 is 5.97 Å². The van der Waals surface area contributed by atoms with Gasteiger partial charge in [0, 0.05) is 0 Å². The van der Waals surface area contributed by atoms with Crippen LogP contribution in [0.1, 0.15) is 60.3 Å². The van der Waals surface area contributed by atoms with Crippen molar-refractivity contribution in [2.75, 3.05) is 6.54 Å². The van der Waals surface area contributed by atoms with Crippen LogP contribution >= 0.6 is 0 Å². The fourth-order valence-corrected chi connectivity index (χ4v) is 2.71. The van der Waals surface area contributed by atoms with E-state index in [2.05, 4.69) is 16.0 Å². The van der Waals surface area contributed by atoms with Crippen molar-refractivity contribution in [1.82, 2.24) is 16.0 Å². The van der Waals surface area contributed by atoms with Crippen molar-refractivity contribution in [3.05, 3.63) is 0 Å². The van der Waals surface area contributed by atoms with Gasteiger partial charge in [0.25, 0.3) is 0 Å². The predicted molar refractivity (Wildman–Crippen MR) is 114 cm³/mol. The summed E-state index contributed by atoms with van der Waals surface area (Å²) in [4.78, 5) is 48.8. The van der Waals surface area contributed by atoms with Crippen LogP contribution in [0, 0.1) is 11.8 Å². The van der Waals surface area contributed by atoms with E-state index >= 15 is 0 Å². The van der Waals surface area contributed by atoms with E-state index in [9.17, 15) is 24.3 Å². The van der Waals surface area contributed by atoms with E-state index in [1.807, 2.05) is 13.8 Å². The Morgan fingerprint density at radius 3 is 1.97 bits per heavy atom. The van der Waals surface area contributed by atoms with Crippen molar-refractivity contribution in [1.29, 1.82) is 0 Å². The second kappa shape index (κ2) is 13.9. The van der Waals surface area contributed by atoms with Crippen LogP contribution in [0.25, 0.3) is 0 Å². The van der Waals surface area contributed by atoms with Gasteiger partial charge in [-0.2, -0.15) is 0 Å². The van der Waals surface area contributed by atoms with Crippen LogP contribution in [0.3, 0.4) is 0 Å². The lowest BCUT2D eigenvalue weighted by Crippen LogP contribution is -2.58. The summed E-state index contributed by atoms with van der Waals surface area (Å²) in [6.07, 6.45) is 2.18. The monoisotopic (exact) mass is 429 g/mol.